The number of hydrogen-bond acceptors (Lipinski definition) is 5. The summed E-state index contributed by atoms with van der Waals surface area (Å²) in [5.41, 5.74) is 1.04. The number of aliphatic hydroxyl groups excluding tert-OH is 1. The average Bonchev–Trinajstić information content (AvgIpc) is 2.38. The molecule has 0 aliphatic rings. The number of hydrogen-bond donors (Lipinski definition) is 2. The smallest absolute Gasteiger partial charge is 0.336 e. The molecule has 17 heavy (non-hydrogen) atoms. The van der Waals surface area contributed by atoms with Crippen LogP contribution in [0.5, 0.6) is 5.75 Å². The van der Waals surface area contributed by atoms with Gasteiger partial charge in [-0.1, -0.05) is 12.1 Å². The molecule has 0 fully saturated rings. The van der Waals surface area contributed by atoms with Crippen molar-refractivity contribution < 1.29 is 19.4 Å². The van der Waals surface area contributed by atoms with Gasteiger partial charge in [0.15, 0.2) is 6.10 Å². The third-order valence-electron chi connectivity index (χ3n) is 2.30. The second-order valence-corrected chi connectivity index (χ2v) is 3.52. The molecular weight excluding hydrogens is 222 g/mol. The minimum absolute atomic E-state index is 0.165. The van der Waals surface area contributed by atoms with Crippen LogP contribution < -0.4 is 10.1 Å². The van der Waals surface area contributed by atoms with E-state index in [2.05, 4.69) is 10.1 Å². The first-order chi connectivity index (χ1) is 8.17. The number of ether oxygens (including phenoxy) is 2. The molecule has 5 nitrogen and oxygen atoms in total. The van der Waals surface area contributed by atoms with E-state index in [0.717, 1.165) is 11.3 Å². The first-order valence-electron chi connectivity index (χ1n) is 5.27. The van der Waals surface area contributed by atoms with Crippen LogP contribution in [-0.4, -0.2) is 37.9 Å². The van der Waals surface area contributed by atoms with E-state index < -0.39 is 12.1 Å². The van der Waals surface area contributed by atoms with Crippen molar-refractivity contribution in [3.63, 3.8) is 0 Å². The molecule has 94 valence electrons. The molecule has 1 rings (SSSR count). The van der Waals surface area contributed by atoms with Crippen LogP contribution in [0.3, 0.4) is 0 Å². The fourth-order valence-corrected chi connectivity index (χ4v) is 1.32. The standard InChI is InChI=1S/C12H17NO4/c1-16-10-5-3-9(4-6-10)7-13-8-11(14)12(15)17-2/h3-6,11,13-14H,7-8H2,1-2H3/t11-/m1/s1. The van der Waals surface area contributed by atoms with Gasteiger partial charge in [-0.15, -0.1) is 0 Å². The zero-order valence-electron chi connectivity index (χ0n) is 9.97. The SMILES string of the molecule is COC(=O)[C@H](O)CNCc1ccc(OC)cc1. The maximum Gasteiger partial charge on any atom is 0.336 e. The molecular formula is C12H17NO4. The molecule has 1 aromatic carbocycles. The first-order valence-corrected chi connectivity index (χ1v) is 5.27. The molecule has 0 spiro atoms. The minimum Gasteiger partial charge on any atom is -0.497 e. The second-order valence-electron chi connectivity index (χ2n) is 3.52. The van der Waals surface area contributed by atoms with Crippen molar-refractivity contribution in [1.29, 1.82) is 0 Å². The Kier molecular flexibility index (Phi) is 5.45. The molecule has 0 aliphatic heterocycles. The highest BCUT2D eigenvalue weighted by atomic mass is 16.5. The van der Waals surface area contributed by atoms with E-state index in [-0.39, 0.29) is 6.54 Å². The lowest BCUT2D eigenvalue weighted by molar-refractivity contribution is -0.150. The highest BCUT2D eigenvalue weighted by Gasteiger charge is 2.13. The number of carbonyl (C=O) groups is 1. The van der Waals surface area contributed by atoms with Gasteiger partial charge >= 0.3 is 5.97 Å². The van der Waals surface area contributed by atoms with Gasteiger partial charge in [0.05, 0.1) is 14.2 Å². The van der Waals surface area contributed by atoms with Crippen molar-refractivity contribution >= 4 is 5.97 Å². The fourth-order valence-electron chi connectivity index (χ4n) is 1.32. The van der Waals surface area contributed by atoms with Gasteiger partial charge in [0.25, 0.3) is 0 Å². The van der Waals surface area contributed by atoms with Crippen LogP contribution in [0.25, 0.3) is 0 Å². The monoisotopic (exact) mass is 239 g/mol. The van der Waals surface area contributed by atoms with E-state index in [1.165, 1.54) is 7.11 Å². The van der Waals surface area contributed by atoms with Crippen molar-refractivity contribution in [1.82, 2.24) is 5.32 Å². The topological polar surface area (TPSA) is 67.8 Å². The van der Waals surface area contributed by atoms with Gasteiger partial charge in [-0.25, -0.2) is 4.79 Å². The molecule has 0 aromatic heterocycles. The Morgan fingerprint density at radius 1 is 1.35 bits per heavy atom. The summed E-state index contributed by atoms with van der Waals surface area (Å²) >= 11 is 0. The van der Waals surface area contributed by atoms with Gasteiger partial charge in [0, 0.05) is 13.1 Å². The predicted octanol–water partition coefficient (Wildman–Crippen LogP) is 0.319. The molecule has 0 saturated carbocycles. The van der Waals surface area contributed by atoms with Crippen molar-refractivity contribution in [2.45, 2.75) is 12.6 Å². The Hall–Kier alpha value is -1.59. The number of benzene rings is 1. The van der Waals surface area contributed by atoms with E-state index in [1.54, 1.807) is 7.11 Å². The molecule has 2 N–H and O–H groups in total. The number of esters is 1. The van der Waals surface area contributed by atoms with Gasteiger partial charge < -0.3 is 19.9 Å². The van der Waals surface area contributed by atoms with E-state index >= 15 is 0 Å². The summed E-state index contributed by atoms with van der Waals surface area (Å²) in [5, 5.41) is 12.3. The maximum absolute atomic E-state index is 10.9. The lowest BCUT2D eigenvalue weighted by Gasteiger charge is -2.09. The van der Waals surface area contributed by atoms with Crippen LogP contribution in [0, 0.1) is 0 Å². The van der Waals surface area contributed by atoms with Crippen molar-refractivity contribution in [3.05, 3.63) is 29.8 Å². The molecule has 1 atom stereocenters. The van der Waals surface area contributed by atoms with Crippen LogP contribution in [0.4, 0.5) is 0 Å². The summed E-state index contributed by atoms with van der Waals surface area (Å²) in [6, 6.07) is 7.54. The van der Waals surface area contributed by atoms with Crippen LogP contribution in [0.1, 0.15) is 5.56 Å². The Morgan fingerprint density at radius 3 is 2.53 bits per heavy atom. The van der Waals surface area contributed by atoms with Gasteiger partial charge in [-0.2, -0.15) is 0 Å². The molecule has 0 unspecified atom stereocenters. The largest absolute Gasteiger partial charge is 0.497 e. The highest BCUT2D eigenvalue weighted by Crippen LogP contribution is 2.10. The quantitative estimate of drug-likeness (QED) is 0.700. The van der Waals surface area contributed by atoms with Crippen LogP contribution >= 0.6 is 0 Å². The lowest BCUT2D eigenvalue weighted by atomic mass is 10.2. The predicted molar refractivity (Wildman–Crippen MR) is 62.7 cm³/mol. The zero-order chi connectivity index (χ0) is 12.7. The Bertz CT molecular complexity index is 350. The molecule has 0 heterocycles. The zero-order valence-corrected chi connectivity index (χ0v) is 9.97. The average molecular weight is 239 g/mol. The van der Waals surface area contributed by atoms with E-state index in [9.17, 15) is 9.90 Å². The highest BCUT2D eigenvalue weighted by molar-refractivity contribution is 5.74. The molecule has 0 amide bonds. The Labute approximate surface area is 100 Å². The lowest BCUT2D eigenvalue weighted by Crippen LogP contribution is -2.33. The number of rotatable bonds is 6. The number of nitrogens with one attached hydrogen (secondary N) is 1. The third-order valence-corrected chi connectivity index (χ3v) is 2.30. The van der Waals surface area contributed by atoms with E-state index in [0.29, 0.717) is 6.54 Å². The number of carbonyl (C=O) groups excluding carboxylic acids is 1. The number of methoxy groups -OCH3 is 2. The fraction of sp³-hybridized carbons (Fsp3) is 0.417. The summed E-state index contributed by atoms with van der Waals surface area (Å²) in [5.74, 6) is 0.163. The van der Waals surface area contributed by atoms with Gasteiger partial charge in [-0.3, -0.25) is 0 Å². The van der Waals surface area contributed by atoms with Gasteiger partial charge in [-0.05, 0) is 17.7 Å². The minimum atomic E-state index is -1.13. The summed E-state index contributed by atoms with van der Waals surface area (Å²) in [4.78, 5) is 10.9. The first kappa shape index (κ1) is 13.5. The van der Waals surface area contributed by atoms with Crippen LogP contribution in [0.15, 0.2) is 24.3 Å². The third kappa shape index (κ3) is 4.42. The molecule has 0 aliphatic carbocycles. The second kappa shape index (κ2) is 6.88. The summed E-state index contributed by atoms with van der Waals surface area (Å²) in [7, 11) is 2.86. The summed E-state index contributed by atoms with van der Waals surface area (Å²) in [6.45, 7) is 0.733. The van der Waals surface area contributed by atoms with Crippen molar-refractivity contribution in [2.75, 3.05) is 20.8 Å². The molecule has 0 bridgehead atoms. The van der Waals surface area contributed by atoms with Gasteiger partial charge in [0.2, 0.25) is 0 Å². The van der Waals surface area contributed by atoms with Crippen LogP contribution in [-0.2, 0) is 16.1 Å². The molecule has 5 heteroatoms. The summed E-state index contributed by atoms with van der Waals surface area (Å²) in [6.07, 6.45) is -1.13. The van der Waals surface area contributed by atoms with Crippen molar-refractivity contribution in [3.8, 4) is 5.75 Å². The maximum atomic E-state index is 10.9. The van der Waals surface area contributed by atoms with Crippen LogP contribution in [0.2, 0.25) is 0 Å². The Balaban J connectivity index is 2.33. The van der Waals surface area contributed by atoms with E-state index in [1.807, 2.05) is 24.3 Å². The molecule has 0 radical (unpaired) electrons. The summed E-state index contributed by atoms with van der Waals surface area (Å²) < 4.78 is 9.44. The molecule has 0 saturated heterocycles. The van der Waals surface area contributed by atoms with Crippen molar-refractivity contribution in [2.24, 2.45) is 0 Å². The Morgan fingerprint density at radius 2 is 2.00 bits per heavy atom. The molecule has 1 aromatic rings. The normalized spacial score (nSPS) is 11.9. The van der Waals surface area contributed by atoms with Gasteiger partial charge in [0.1, 0.15) is 5.75 Å². The van der Waals surface area contributed by atoms with E-state index in [4.69, 9.17) is 4.74 Å². The number of aliphatic hydroxyl groups is 1.